The van der Waals surface area contributed by atoms with E-state index >= 15 is 0 Å². The number of hydrogen-bond donors (Lipinski definition) is 12. The maximum atomic E-state index is 13.2. The van der Waals surface area contributed by atoms with Crippen LogP contribution in [0.15, 0.2) is 24.3 Å². The number of aryl methyl sites for hydroxylation is 1. The van der Waals surface area contributed by atoms with Crippen molar-refractivity contribution >= 4 is 23.7 Å². The van der Waals surface area contributed by atoms with Crippen molar-refractivity contribution in [1.82, 2.24) is 36.3 Å². The lowest BCUT2D eigenvalue weighted by Gasteiger charge is -2.47. The Morgan fingerprint density at radius 2 is 1.04 bits per heavy atom. The molecule has 0 aliphatic carbocycles. The van der Waals surface area contributed by atoms with Gasteiger partial charge in [0.05, 0.1) is 37.5 Å². The molecule has 20 unspecified atom stereocenters. The molecule has 0 radical (unpaired) electrons. The number of ether oxygens (including phenoxy) is 8. The number of carbonyl (C=O) groups excluding carboxylic acids is 3. The molecule has 70 heavy (non-hydrogen) atoms. The molecular formula is C42H63N7O21. The standard InChI is InChI=1S/C26H36N6O10.C16H27NO11/c1-11-17(28-13(3)34)21(18(35)16(10-33)40-11)41-26-20(37)19(36)22(39-4)23(42-26)25(38)27-9-14-5-7-15(8-6-14)24-31-29-12(2)30-32-24;1-5-8(17-6(2)19)12(9(20)7(4-18)26-5)27-16-11(22)10(21)13(25-3)14(28-16)15(23)24/h5-8,11,16-23,26,33,35-37H,9-10H2,1-4H3,(H,27,38)(H,28,34);5,7-14,16,18,20-22H,4H2,1-3H3,(H,17,19)(H,23,24). The minimum Gasteiger partial charge on any atom is -0.479 e. The summed E-state index contributed by atoms with van der Waals surface area (Å²) in [6.45, 7) is 6.39. The molecule has 0 bridgehead atoms. The van der Waals surface area contributed by atoms with Crippen LogP contribution >= 0.6 is 0 Å². The Kier molecular flexibility index (Phi) is 20.3. The molecule has 2 aromatic rings. The molecule has 4 fully saturated rings. The molecule has 5 heterocycles. The van der Waals surface area contributed by atoms with Crippen molar-refractivity contribution < 1.29 is 103 Å². The summed E-state index contributed by atoms with van der Waals surface area (Å²) in [5, 5.41) is 115. The number of hydrogen-bond acceptors (Lipinski definition) is 24. The van der Waals surface area contributed by atoms with Gasteiger partial charge in [-0.3, -0.25) is 14.4 Å². The Balaban J connectivity index is 0.000000283. The smallest absolute Gasteiger partial charge is 0.335 e. The van der Waals surface area contributed by atoms with Crippen LogP contribution < -0.4 is 16.0 Å². The number of nitrogens with one attached hydrogen (secondary N) is 3. The summed E-state index contributed by atoms with van der Waals surface area (Å²) in [6.07, 6.45) is -24.4. The molecule has 4 aliphatic heterocycles. The summed E-state index contributed by atoms with van der Waals surface area (Å²) in [5.74, 6) is -2.19. The van der Waals surface area contributed by atoms with Crippen molar-refractivity contribution in [3.05, 3.63) is 35.7 Å². The average Bonchev–Trinajstić information content (AvgIpc) is 3.32. The third kappa shape index (κ3) is 13.3. The number of benzene rings is 1. The van der Waals surface area contributed by atoms with E-state index in [1.165, 1.54) is 21.0 Å². The second kappa shape index (κ2) is 25.2. The summed E-state index contributed by atoms with van der Waals surface area (Å²) in [5.41, 5.74) is 1.41. The number of carboxylic acids is 1. The number of amides is 3. The molecule has 20 atom stereocenters. The monoisotopic (exact) mass is 1000 g/mol. The van der Waals surface area contributed by atoms with Gasteiger partial charge in [-0.05, 0) is 26.3 Å². The van der Waals surface area contributed by atoms with Crippen LogP contribution in [0.4, 0.5) is 0 Å². The maximum Gasteiger partial charge on any atom is 0.335 e. The zero-order chi connectivity index (χ0) is 51.7. The third-order valence-electron chi connectivity index (χ3n) is 12.0. The molecule has 6 rings (SSSR count). The molecule has 28 nitrogen and oxygen atoms in total. The predicted octanol–water partition coefficient (Wildman–Crippen LogP) is -6.09. The highest BCUT2D eigenvalue weighted by molar-refractivity contribution is 5.81. The summed E-state index contributed by atoms with van der Waals surface area (Å²) >= 11 is 0. The minimum absolute atomic E-state index is 0.0871. The molecule has 28 heteroatoms. The van der Waals surface area contributed by atoms with Gasteiger partial charge in [0.15, 0.2) is 30.6 Å². The molecular weight excluding hydrogens is 938 g/mol. The van der Waals surface area contributed by atoms with Crippen molar-refractivity contribution in [2.24, 2.45) is 0 Å². The molecule has 4 aliphatic rings. The zero-order valence-corrected chi connectivity index (χ0v) is 39.2. The van der Waals surface area contributed by atoms with Crippen LogP contribution in [0.2, 0.25) is 0 Å². The summed E-state index contributed by atoms with van der Waals surface area (Å²) in [6, 6.07) is 5.21. The fraction of sp³-hybridized carbons (Fsp3) is 0.714. The van der Waals surface area contributed by atoms with E-state index in [9.17, 15) is 65.1 Å². The number of carbonyl (C=O) groups is 4. The van der Waals surface area contributed by atoms with Gasteiger partial charge >= 0.3 is 5.97 Å². The highest BCUT2D eigenvalue weighted by Crippen LogP contribution is 2.32. The van der Waals surface area contributed by atoms with Gasteiger partial charge in [0.1, 0.15) is 73.2 Å². The fourth-order valence-corrected chi connectivity index (χ4v) is 8.37. The normalized spacial score (nSPS) is 37.5. The van der Waals surface area contributed by atoms with Crippen LogP contribution in [0.25, 0.3) is 11.4 Å². The van der Waals surface area contributed by atoms with Crippen LogP contribution in [-0.2, 0) is 63.6 Å². The van der Waals surface area contributed by atoms with E-state index in [2.05, 4.69) is 36.3 Å². The average molecular weight is 1000 g/mol. The van der Waals surface area contributed by atoms with Crippen molar-refractivity contribution in [2.75, 3.05) is 27.4 Å². The number of rotatable bonds is 15. The van der Waals surface area contributed by atoms with Gasteiger partial charge in [0.25, 0.3) is 5.91 Å². The first-order valence-electron chi connectivity index (χ1n) is 22.1. The van der Waals surface area contributed by atoms with E-state index < -0.39 is 159 Å². The van der Waals surface area contributed by atoms with Gasteiger partial charge in [-0.2, -0.15) is 0 Å². The summed E-state index contributed by atoms with van der Waals surface area (Å²) in [4.78, 5) is 48.0. The number of carboxylic acid groups (broad SMARTS) is 1. The van der Waals surface area contributed by atoms with Gasteiger partial charge < -0.3 is 99.8 Å². The second-order valence-electron chi connectivity index (χ2n) is 17.0. The highest BCUT2D eigenvalue weighted by atomic mass is 16.7. The van der Waals surface area contributed by atoms with Crippen molar-refractivity contribution in [2.45, 2.75) is 163 Å². The number of aromatic nitrogens is 4. The van der Waals surface area contributed by atoms with E-state index in [1.807, 2.05) is 0 Å². The SMILES string of the molecule is COC1C(C(=O)NCc2ccc(-c3nnc(C)nn3)cc2)OC(OC2C(O)C(CO)OC(C)C2NC(C)=O)C(O)C1O.COC1C(C(=O)O)OC(OC2C(O)C(CO)OC(C)C2NC(C)=O)C(O)C1O. The lowest BCUT2D eigenvalue weighted by Crippen LogP contribution is -2.68. The summed E-state index contributed by atoms with van der Waals surface area (Å²) in [7, 11) is 2.41. The summed E-state index contributed by atoms with van der Waals surface area (Å²) < 4.78 is 43.8. The number of nitrogens with zero attached hydrogens (tertiary/aromatic N) is 4. The van der Waals surface area contributed by atoms with E-state index in [0.29, 0.717) is 17.2 Å². The Morgan fingerprint density at radius 1 is 0.614 bits per heavy atom. The van der Waals surface area contributed by atoms with Crippen LogP contribution in [-0.4, -0.2) is 240 Å². The van der Waals surface area contributed by atoms with E-state index in [-0.39, 0.29) is 6.54 Å². The van der Waals surface area contributed by atoms with Gasteiger partial charge in [0, 0.05) is 40.2 Å². The fourth-order valence-electron chi connectivity index (χ4n) is 8.37. The van der Waals surface area contributed by atoms with Crippen molar-refractivity contribution in [3.8, 4) is 11.4 Å². The van der Waals surface area contributed by atoms with Crippen LogP contribution in [0.3, 0.4) is 0 Å². The molecule has 1 aromatic heterocycles. The van der Waals surface area contributed by atoms with E-state index in [4.69, 9.17) is 37.9 Å². The first kappa shape index (κ1) is 56.3. The third-order valence-corrected chi connectivity index (χ3v) is 12.0. The molecule has 0 saturated carbocycles. The van der Waals surface area contributed by atoms with Gasteiger partial charge in [-0.15, -0.1) is 20.4 Å². The number of aliphatic hydroxyl groups is 8. The highest BCUT2D eigenvalue weighted by Gasteiger charge is 2.54. The molecule has 0 spiro atoms. The molecule has 12 N–H and O–H groups in total. The van der Waals surface area contributed by atoms with E-state index in [0.717, 1.165) is 12.7 Å². The number of aliphatic hydroxyl groups excluding tert-OH is 8. The molecule has 392 valence electrons. The molecule has 3 amide bonds. The lowest BCUT2D eigenvalue weighted by atomic mass is 9.92. The van der Waals surface area contributed by atoms with Gasteiger partial charge in [0.2, 0.25) is 17.6 Å². The quantitative estimate of drug-likeness (QED) is 0.0790. The van der Waals surface area contributed by atoms with Crippen LogP contribution in [0.1, 0.15) is 39.1 Å². The lowest BCUT2D eigenvalue weighted by molar-refractivity contribution is -0.327. The predicted molar refractivity (Wildman–Crippen MR) is 230 cm³/mol. The second-order valence-corrected chi connectivity index (χ2v) is 17.0. The Morgan fingerprint density at radius 3 is 1.44 bits per heavy atom. The Bertz CT molecular complexity index is 2030. The zero-order valence-electron chi connectivity index (χ0n) is 39.2. The topological polar surface area (TPSA) is 412 Å². The Labute approximate surface area is 400 Å². The van der Waals surface area contributed by atoms with Crippen LogP contribution in [0, 0.1) is 6.92 Å². The molecule has 1 aromatic carbocycles. The van der Waals surface area contributed by atoms with Crippen molar-refractivity contribution in [3.63, 3.8) is 0 Å². The van der Waals surface area contributed by atoms with Gasteiger partial charge in [-0.1, -0.05) is 24.3 Å². The maximum absolute atomic E-state index is 13.2. The first-order chi connectivity index (χ1) is 33.1. The largest absolute Gasteiger partial charge is 0.479 e. The van der Waals surface area contributed by atoms with Crippen LogP contribution in [0.5, 0.6) is 0 Å². The first-order valence-corrected chi connectivity index (χ1v) is 22.1. The van der Waals surface area contributed by atoms with E-state index in [1.54, 1.807) is 45.0 Å². The number of aliphatic carboxylic acids is 1. The van der Waals surface area contributed by atoms with Gasteiger partial charge in [-0.25, -0.2) is 4.79 Å². The Hall–Kier alpha value is -4.60. The molecule has 4 saturated heterocycles. The van der Waals surface area contributed by atoms with Crippen molar-refractivity contribution in [1.29, 1.82) is 0 Å². The minimum atomic E-state index is -1.70. The number of methoxy groups -OCH3 is 2.